The molecule has 0 bridgehead atoms. The molecule has 0 spiro atoms. The van der Waals surface area contributed by atoms with E-state index in [9.17, 15) is 4.79 Å². The molecule has 1 aromatic rings. The van der Waals surface area contributed by atoms with Crippen LogP contribution in [0.3, 0.4) is 0 Å². The van der Waals surface area contributed by atoms with Crippen molar-refractivity contribution in [1.29, 1.82) is 0 Å². The minimum absolute atomic E-state index is 0.0371. The van der Waals surface area contributed by atoms with Gasteiger partial charge in [0.1, 0.15) is 0 Å². The molecule has 1 atom stereocenters. The third-order valence-corrected chi connectivity index (χ3v) is 3.86. The van der Waals surface area contributed by atoms with Crippen molar-refractivity contribution in [2.75, 3.05) is 23.9 Å². The Morgan fingerprint density at radius 3 is 2.84 bits per heavy atom. The summed E-state index contributed by atoms with van der Waals surface area (Å²) in [6.45, 7) is 4.39. The largest absolute Gasteiger partial charge is 0.325 e. The van der Waals surface area contributed by atoms with E-state index in [1.54, 1.807) is 17.8 Å². The van der Waals surface area contributed by atoms with Crippen LogP contribution in [0.5, 0.6) is 0 Å². The number of benzene rings is 1. The zero-order valence-electron chi connectivity index (χ0n) is 11.6. The van der Waals surface area contributed by atoms with Crippen molar-refractivity contribution in [3.63, 3.8) is 0 Å². The first-order valence-electron chi connectivity index (χ1n) is 6.35. The van der Waals surface area contributed by atoms with Gasteiger partial charge < -0.3 is 10.6 Å². The molecule has 1 amide bonds. The number of aryl methyl sites for hydroxylation is 1. The fraction of sp³-hybridized carbons (Fsp3) is 0.500. The van der Waals surface area contributed by atoms with Crippen molar-refractivity contribution in [1.82, 2.24) is 5.32 Å². The van der Waals surface area contributed by atoms with E-state index < -0.39 is 0 Å². The molecule has 0 aliphatic carbocycles. The zero-order chi connectivity index (χ0) is 14.3. The van der Waals surface area contributed by atoms with Crippen molar-refractivity contribution in [2.24, 2.45) is 0 Å². The van der Waals surface area contributed by atoms with Crippen molar-refractivity contribution in [3.8, 4) is 0 Å². The summed E-state index contributed by atoms with van der Waals surface area (Å²) >= 11 is 7.70. The van der Waals surface area contributed by atoms with Crippen LogP contribution in [0.25, 0.3) is 0 Å². The highest BCUT2D eigenvalue weighted by Crippen LogP contribution is 2.19. The Hall–Kier alpha value is -0.710. The van der Waals surface area contributed by atoms with Crippen LogP contribution in [0.15, 0.2) is 18.2 Å². The summed E-state index contributed by atoms with van der Waals surface area (Å²) in [7, 11) is 0. The average molecular weight is 301 g/mol. The van der Waals surface area contributed by atoms with Gasteiger partial charge in [-0.1, -0.05) is 24.6 Å². The molecular weight excluding hydrogens is 280 g/mol. The predicted octanol–water partition coefficient (Wildman–Crippen LogP) is 3.32. The summed E-state index contributed by atoms with van der Waals surface area (Å²) in [5, 5.41) is 6.77. The minimum Gasteiger partial charge on any atom is -0.325 e. The Morgan fingerprint density at radius 2 is 2.21 bits per heavy atom. The van der Waals surface area contributed by atoms with Crippen LogP contribution in [0.2, 0.25) is 5.02 Å². The number of rotatable bonds is 7. The third kappa shape index (κ3) is 5.85. The summed E-state index contributed by atoms with van der Waals surface area (Å²) in [6, 6.07) is 5.86. The third-order valence-electron chi connectivity index (χ3n) is 2.89. The van der Waals surface area contributed by atoms with Crippen LogP contribution in [0.4, 0.5) is 5.69 Å². The van der Waals surface area contributed by atoms with Gasteiger partial charge in [-0.25, -0.2) is 0 Å². The van der Waals surface area contributed by atoms with Crippen LogP contribution in [-0.4, -0.2) is 30.5 Å². The maximum Gasteiger partial charge on any atom is 0.238 e. The summed E-state index contributed by atoms with van der Waals surface area (Å²) < 4.78 is 0. The van der Waals surface area contributed by atoms with E-state index >= 15 is 0 Å². The van der Waals surface area contributed by atoms with E-state index in [1.165, 1.54) is 0 Å². The number of halogens is 1. The Morgan fingerprint density at radius 1 is 1.47 bits per heavy atom. The van der Waals surface area contributed by atoms with Crippen LogP contribution >= 0.6 is 23.4 Å². The maximum atomic E-state index is 11.9. The van der Waals surface area contributed by atoms with Crippen molar-refractivity contribution in [3.05, 3.63) is 28.8 Å². The second kappa shape index (κ2) is 8.46. The molecule has 3 nitrogen and oxygen atoms in total. The fourth-order valence-corrected chi connectivity index (χ4v) is 2.61. The number of amides is 1. The number of carbonyl (C=O) groups excluding carboxylic acids is 1. The molecule has 19 heavy (non-hydrogen) atoms. The lowest BCUT2D eigenvalue weighted by Gasteiger charge is -2.16. The topological polar surface area (TPSA) is 41.1 Å². The number of nitrogens with one attached hydrogen (secondary N) is 2. The van der Waals surface area contributed by atoms with Gasteiger partial charge in [-0.3, -0.25) is 4.79 Å². The second-order valence-corrected chi connectivity index (χ2v) is 5.80. The quantitative estimate of drug-likeness (QED) is 0.811. The van der Waals surface area contributed by atoms with Gasteiger partial charge in [0.2, 0.25) is 5.91 Å². The van der Waals surface area contributed by atoms with Gasteiger partial charge in [0.25, 0.3) is 0 Å². The molecular formula is C14H21ClN2OS. The average Bonchev–Trinajstić information content (AvgIpc) is 2.39. The molecule has 0 radical (unpaired) electrons. The Labute approximate surface area is 124 Å². The molecule has 1 rings (SSSR count). The standard InChI is InChI=1S/C14H21ClN2OS/c1-4-12(9-19-3)16-8-14(18)17-13-7-11(15)6-5-10(13)2/h5-7,12,16H,4,8-9H2,1-3H3,(H,17,18). The second-order valence-electron chi connectivity index (χ2n) is 4.45. The van der Waals surface area contributed by atoms with E-state index in [4.69, 9.17) is 11.6 Å². The molecule has 106 valence electrons. The molecule has 0 saturated heterocycles. The van der Waals surface area contributed by atoms with Crippen molar-refractivity contribution < 1.29 is 4.79 Å². The minimum atomic E-state index is -0.0371. The molecule has 0 aromatic heterocycles. The molecule has 5 heteroatoms. The van der Waals surface area contributed by atoms with Gasteiger partial charge in [0.15, 0.2) is 0 Å². The molecule has 2 N–H and O–H groups in total. The molecule has 0 aliphatic heterocycles. The highest BCUT2D eigenvalue weighted by Gasteiger charge is 2.09. The van der Waals surface area contributed by atoms with Crippen LogP contribution in [-0.2, 0) is 4.79 Å². The summed E-state index contributed by atoms with van der Waals surface area (Å²) in [5.41, 5.74) is 1.78. The Kier molecular flexibility index (Phi) is 7.28. The van der Waals surface area contributed by atoms with E-state index in [1.807, 2.05) is 19.1 Å². The highest BCUT2D eigenvalue weighted by molar-refractivity contribution is 7.98. The monoisotopic (exact) mass is 300 g/mol. The predicted molar refractivity (Wildman–Crippen MR) is 85.3 cm³/mol. The first-order chi connectivity index (χ1) is 9.06. The summed E-state index contributed by atoms with van der Waals surface area (Å²) in [4.78, 5) is 11.9. The summed E-state index contributed by atoms with van der Waals surface area (Å²) in [5.74, 6) is 0.977. The van der Waals surface area contributed by atoms with Crippen LogP contribution < -0.4 is 10.6 Å². The number of hydrogen-bond donors (Lipinski definition) is 2. The SMILES string of the molecule is CCC(CSC)NCC(=O)Nc1cc(Cl)ccc1C. The lowest BCUT2D eigenvalue weighted by atomic mass is 10.2. The Bertz CT molecular complexity index is 426. The zero-order valence-corrected chi connectivity index (χ0v) is 13.2. The normalized spacial score (nSPS) is 12.2. The van der Waals surface area contributed by atoms with E-state index in [0.29, 0.717) is 17.6 Å². The molecule has 1 aromatic carbocycles. The molecule has 0 aliphatic rings. The van der Waals surface area contributed by atoms with Gasteiger partial charge in [0.05, 0.1) is 6.54 Å². The fourth-order valence-electron chi connectivity index (χ4n) is 1.68. The van der Waals surface area contributed by atoms with Gasteiger partial charge in [0, 0.05) is 22.5 Å². The lowest BCUT2D eigenvalue weighted by molar-refractivity contribution is -0.115. The van der Waals surface area contributed by atoms with Gasteiger partial charge in [-0.2, -0.15) is 11.8 Å². The number of anilines is 1. The van der Waals surface area contributed by atoms with Crippen LogP contribution in [0, 0.1) is 6.92 Å². The van der Waals surface area contributed by atoms with Gasteiger partial charge in [-0.05, 0) is 37.3 Å². The number of carbonyl (C=O) groups is 1. The van der Waals surface area contributed by atoms with E-state index in [2.05, 4.69) is 23.8 Å². The molecule has 0 fully saturated rings. The Balaban J connectivity index is 2.48. The van der Waals surface area contributed by atoms with Crippen LogP contribution in [0.1, 0.15) is 18.9 Å². The first kappa shape index (κ1) is 16.3. The van der Waals surface area contributed by atoms with Crippen molar-refractivity contribution in [2.45, 2.75) is 26.3 Å². The first-order valence-corrected chi connectivity index (χ1v) is 8.12. The van der Waals surface area contributed by atoms with E-state index in [0.717, 1.165) is 23.4 Å². The summed E-state index contributed by atoms with van der Waals surface area (Å²) in [6.07, 6.45) is 3.09. The smallest absolute Gasteiger partial charge is 0.238 e. The lowest BCUT2D eigenvalue weighted by Crippen LogP contribution is -2.37. The van der Waals surface area contributed by atoms with E-state index in [-0.39, 0.29) is 5.91 Å². The highest BCUT2D eigenvalue weighted by atomic mass is 35.5. The van der Waals surface area contributed by atoms with Gasteiger partial charge >= 0.3 is 0 Å². The molecule has 0 heterocycles. The molecule has 1 unspecified atom stereocenters. The van der Waals surface area contributed by atoms with Gasteiger partial charge in [-0.15, -0.1) is 0 Å². The maximum absolute atomic E-state index is 11.9. The number of thioether (sulfide) groups is 1. The molecule has 0 saturated carbocycles. The van der Waals surface area contributed by atoms with Crippen molar-refractivity contribution >= 4 is 35.0 Å². The number of hydrogen-bond acceptors (Lipinski definition) is 3.